The Labute approximate surface area is 118 Å². The van der Waals surface area contributed by atoms with E-state index >= 15 is 0 Å². The Bertz CT molecular complexity index is 247. The first-order valence-electron chi connectivity index (χ1n) is 8.25. The van der Waals surface area contributed by atoms with Gasteiger partial charge in [0, 0.05) is 13.2 Å². The van der Waals surface area contributed by atoms with Crippen LogP contribution in [0.5, 0.6) is 0 Å². The molecule has 2 aliphatic carbocycles. The molecule has 0 radical (unpaired) electrons. The van der Waals surface area contributed by atoms with Gasteiger partial charge >= 0.3 is 0 Å². The van der Waals surface area contributed by atoms with Gasteiger partial charge in [-0.1, -0.05) is 19.8 Å². The summed E-state index contributed by atoms with van der Waals surface area (Å²) >= 11 is 0. The van der Waals surface area contributed by atoms with Crippen LogP contribution in [0.3, 0.4) is 0 Å². The van der Waals surface area contributed by atoms with E-state index in [1.54, 1.807) is 0 Å². The fraction of sp³-hybridized carbons (Fsp3) is 1.00. The average Bonchev–Trinajstić information content (AvgIpc) is 2.46. The van der Waals surface area contributed by atoms with E-state index in [0.29, 0.717) is 24.4 Å². The third-order valence-electron chi connectivity index (χ3n) is 4.64. The highest BCUT2D eigenvalue weighted by molar-refractivity contribution is 4.84. The Morgan fingerprint density at radius 1 is 1.00 bits per heavy atom. The van der Waals surface area contributed by atoms with Crippen LogP contribution in [-0.4, -0.2) is 38.0 Å². The average molecular weight is 269 g/mol. The Balaban J connectivity index is 1.80. The molecule has 3 heteroatoms. The van der Waals surface area contributed by atoms with Crippen LogP contribution in [0.15, 0.2) is 0 Å². The van der Waals surface area contributed by atoms with E-state index in [0.717, 1.165) is 13.0 Å². The standard InChI is InChI=1S/C16H31NO2/c1-3-11-17-15-9-4-5-10-16(15)19-14-8-6-7-13(12-14)18-2/h13-17H,3-12H2,1-2H3. The number of nitrogens with one attached hydrogen (secondary N) is 1. The predicted octanol–water partition coefficient (Wildman–Crippen LogP) is 3.27. The highest BCUT2D eigenvalue weighted by atomic mass is 16.5. The van der Waals surface area contributed by atoms with Crippen molar-refractivity contribution >= 4 is 0 Å². The highest BCUT2D eigenvalue weighted by Gasteiger charge is 2.30. The first-order chi connectivity index (χ1) is 9.33. The van der Waals surface area contributed by atoms with Crippen molar-refractivity contribution in [2.24, 2.45) is 0 Å². The number of ether oxygens (including phenoxy) is 2. The maximum Gasteiger partial charge on any atom is 0.0731 e. The lowest BCUT2D eigenvalue weighted by Gasteiger charge is -2.37. The molecule has 2 saturated carbocycles. The Morgan fingerprint density at radius 2 is 1.79 bits per heavy atom. The van der Waals surface area contributed by atoms with Crippen molar-refractivity contribution in [1.29, 1.82) is 0 Å². The number of hydrogen-bond acceptors (Lipinski definition) is 3. The topological polar surface area (TPSA) is 30.5 Å². The fourth-order valence-electron chi connectivity index (χ4n) is 3.51. The van der Waals surface area contributed by atoms with Crippen molar-refractivity contribution in [3.05, 3.63) is 0 Å². The molecule has 19 heavy (non-hydrogen) atoms. The van der Waals surface area contributed by atoms with Gasteiger partial charge in [-0.25, -0.2) is 0 Å². The molecule has 4 unspecified atom stereocenters. The van der Waals surface area contributed by atoms with Crippen LogP contribution < -0.4 is 5.32 Å². The summed E-state index contributed by atoms with van der Waals surface area (Å²) in [6.07, 6.45) is 12.4. The largest absolute Gasteiger partial charge is 0.381 e. The van der Waals surface area contributed by atoms with E-state index in [9.17, 15) is 0 Å². The second kappa shape index (κ2) is 8.23. The minimum atomic E-state index is 0.421. The van der Waals surface area contributed by atoms with Crippen LogP contribution in [-0.2, 0) is 9.47 Å². The van der Waals surface area contributed by atoms with Gasteiger partial charge in [0.15, 0.2) is 0 Å². The van der Waals surface area contributed by atoms with Gasteiger partial charge in [0.05, 0.1) is 18.3 Å². The molecule has 2 rings (SSSR count). The van der Waals surface area contributed by atoms with Crippen molar-refractivity contribution in [1.82, 2.24) is 5.32 Å². The number of methoxy groups -OCH3 is 1. The summed E-state index contributed by atoms with van der Waals surface area (Å²) in [5, 5.41) is 3.68. The molecule has 112 valence electrons. The van der Waals surface area contributed by atoms with Gasteiger partial charge in [-0.15, -0.1) is 0 Å². The lowest BCUT2D eigenvalue weighted by molar-refractivity contribution is -0.0854. The van der Waals surface area contributed by atoms with E-state index in [1.165, 1.54) is 51.4 Å². The predicted molar refractivity (Wildman–Crippen MR) is 78.5 cm³/mol. The molecule has 0 aromatic heterocycles. The second-order valence-electron chi connectivity index (χ2n) is 6.17. The Hall–Kier alpha value is -0.120. The zero-order valence-corrected chi connectivity index (χ0v) is 12.7. The summed E-state index contributed by atoms with van der Waals surface area (Å²) in [6.45, 7) is 3.35. The zero-order chi connectivity index (χ0) is 13.5. The van der Waals surface area contributed by atoms with Crippen molar-refractivity contribution in [3.63, 3.8) is 0 Å². The maximum absolute atomic E-state index is 6.43. The van der Waals surface area contributed by atoms with E-state index < -0.39 is 0 Å². The quantitative estimate of drug-likeness (QED) is 0.803. The van der Waals surface area contributed by atoms with Gasteiger partial charge in [-0.3, -0.25) is 0 Å². The third kappa shape index (κ3) is 4.73. The molecule has 2 aliphatic rings. The molecule has 0 bridgehead atoms. The molecule has 0 aromatic rings. The van der Waals surface area contributed by atoms with Crippen LogP contribution in [0.2, 0.25) is 0 Å². The molecular weight excluding hydrogens is 238 g/mol. The van der Waals surface area contributed by atoms with Crippen LogP contribution in [0.25, 0.3) is 0 Å². The molecule has 4 atom stereocenters. The maximum atomic E-state index is 6.43. The molecule has 0 amide bonds. The molecule has 0 heterocycles. The Morgan fingerprint density at radius 3 is 2.58 bits per heavy atom. The molecule has 0 aliphatic heterocycles. The molecule has 3 nitrogen and oxygen atoms in total. The van der Waals surface area contributed by atoms with Gasteiger partial charge < -0.3 is 14.8 Å². The van der Waals surface area contributed by atoms with Crippen LogP contribution in [0, 0.1) is 0 Å². The summed E-state index contributed by atoms with van der Waals surface area (Å²) in [6, 6.07) is 0.580. The summed E-state index contributed by atoms with van der Waals surface area (Å²) in [5.74, 6) is 0. The van der Waals surface area contributed by atoms with Crippen molar-refractivity contribution in [2.45, 2.75) is 89.1 Å². The summed E-state index contributed by atoms with van der Waals surface area (Å²) in [7, 11) is 1.83. The minimum Gasteiger partial charge on any atom is -0.381 e. The van der Waals surface area contributed by atoms with E-state index in [-0.39, 0.29) is 0 Å². The number of hydrogen-bond donors (Lipinski definition) is 1. The third-order valence-corrected chi connectivity index (χ3v) is 4.64. The van der Waals surface area contributed by atoms with Gasteiger partial charge in [-0.2, -0.15) is 0 Å². The smallest absolute Gasteiger partial charge is 0.0731 e. The van der Waals surface area contributed by atoms with Gasteiger partial charge in [-0.05, 0) is 51.5 Å². The van der Waals surface area contributed by atoms with Crippen molar-refractivity contribution < 1.29 is 9.47 Å². The minimum absolute atomic E-state index is 0.421. The molecule has 0 spiro atoms. The van der Waals surface area contributed by atoms with E-state index in [1.807, 2.05) is 7.11 Å². The monoisotopic (exact) mass is 269 g/mol. The summed E-state index contributed by atoms with van der Waals surface area (Å²) < 4.78 is 11.9. The van der Waals surface area contributed by atoms with Crippen LogP contribution in [0.4, 0.5) is 0 Å². The first-order valence-corrected chi connectivity index (χ1v) is 8.25. The zero-order valence-electron chi connectivity index (χ0n) is 12.7. The fourth-order valence-corrected chi connectivity index (χ4v) is 3.51. The SMILES string of the molecule is CCCNC1CCCCC1OC1CCCC(OC)C1. The molecule has 2 fully saturated rings. The first kappa shape index (κ1) is 15.3. The van der Waals surface area contributed by atoms with Gasteiger partial charge in [0.2, 0.25) is 0 Å². The normalized spacial score (nSPS) is 36.3. The van der Waals surface area contributed by atoms with Crippen molar-refractivity contribution in [2.75, 3.05) is 13.7 Å². The molecule has 1 N–H and O–H groups in total. The lowest BCUT2D eigenvalue weighted by Crippen LogP contribution is -2.46. The summed E-state index contributed by atoms with van der Waals surface area (Å²) in [4.78, 5) is 0. The number of rotatable bonds is 6. The van der Waals surface area contributed by atoms with Gasteiger partial charge in [0.25, 0.3) is 0 Å². The second-order valence-corrected chi connectivity index (χ2v) is 6.17. The Kier molecular flexibility index (Phi) is 6.62. The van der Waals surface area contributed by atoms with E-state index in [4.69, 9.17) is 9.47 Å². The van der Waals surface area contributed by atoms with Gasteiger partial charge in [0.1, 0.15) is 0 Å². The van der Waals surface area contributed by atoms with Crippen molar-refractivity contribution in [3.8, 4) is 0 Å². The lowest BCUT2D eigenvalue weighted by atomic mass is 9.90. The molecular formula is C16H31NO2. The van der Waals surface area contributed by atoms with E-state index in [2.05, 4.69) is 12.2 Å². The summed E-state index contributed by atoms with van der Waals surface area (Å²) in [5.41, 5.74) is 0. The van der Waals surface area contributed by atoms with Crippen LogP contribution >= 0.6 is 0 Å². The molecule has 0 saturated heterocycles. The highest BCUT2D eigenvalue weighted by Crippen LogP contribution is 2.28. The molecule has 0 aromatic carbocycles. The van der Waals surface area contributed by atoms with Crippen LogP contribution in [0.1, 0.15) is 64.7 Å².